The summed E-state index contributed by atoms with van der Waals surface area (Å²) in [6.45, 7) is 7.51. The summed E-state index contributed by atoms with van der Waals surface area (Å²) in [7, 11) is 0. The number of hydrogen-bond donors (Lipinski definition) is 1. The summed E-state index contributed by atoms with van der Waals surface area (Å²) >= 11 is 0. The van der Waals surface area contributed by atoms with E-state index < -0.39 is 0 Å². The molecule has 2 amide bonds. The van der Waals surface area contributed by atoms with E-state index in [2.05, 4.69) is 24.1 Å². The number of nitrogens with zero attached hydrogens (tertiary/aromatic N) is 4. The molecule has 1 saturated heterocycles. The highest BCUT2D eigenvalue weighted by Gasteiger charge is 2.23. The van der Waals surface area contributed by atoms with Gasteiger partial charge in [-0.2, -0.15) is 0 Å². The van der Waals surface area contributed by atoms with E-state index in [1.165, 1.54) is 12.1 Å². The second kappa shape index (κ2) is 7.06. The molecular formula is C20H24FN5O. The van der Waals surface area contributed by atoms with Crippen LogP contribution in [0.15, 0.2) is 36.5 Å². The number of piperazine rings is 1. The zero-order valence-electron chi connectivity index (χ0n) is 15.7. The molecule has 4 rings (SSSR count). The van der Waals surface area contributed by atoms with Crippen molar-refractivity contribution in [1.82, 2.24) is 19.6 Å². The molecule has 7 heteroatoms. The van der Waals surface area contributed by atoms with Gasteiger partial charge in [-0.15, -0.1) is 0 Å². The molecule has 3 aromatic rings. The maximum Gasteiger partial charge on any atom is 0.317 e. The summed E-state index contributed by atoms with van der Waals surface area (Å²) in [5.74, 6) is 0.972. The molecule has 0 saturated carbocycles. The Labute approximate surface area is 157 Å². The first-order valence-corrected chi connectivity index (χ1v) is 9.37. The number of rotatable bonds is 3. The Kier molecular flexibility index (Phi) is 4.59. The average molecular weight is 369 g/mol. The van der Waals surface area contributed by atoms with Crippen LogP contribution in [0.5, 0.6) is 0 Å². The zero-order valence-corrected chi connectivity index (χ0v) is 15.7. The highest BCUT2D eigenvalue weighted by molar-refractivity contribution is 5.85. The third-order valence-electron chi connectivity index (χ3n) is 4.93. The van der Waals surface area contributed by atoms with Crippen LogP contribution in [0.2, 0.25) is 0 Å². The van der Waals surface area contributed by atoms with Crippen molar-refractivity contribution in [2.75, 3.05) is 37.6 Å². The number of fused-ring (bicyclic) bond motifs is 3. The van der Waals surface area contributed by atoms with Crippen LogP contribution in [-0.2, 0) is 0 Å². The third-order valence-corrected chi connectivity index (χ3v) is 4.93. The maximum atomic E-state index is 13.7. The number of anilines is 1. The number of carbonyl (C=O) groups is 1. The lowest BCUT2D eigenvalue weighted by Crippen LogP contribution is -2.52. The van der Waals surface area contributed by atoms with Gasteiger partial charge in [0.25, 0.3) is 0 Å². The minimum absolute atomic E-state index is 0.00951. The quantitative estimate of drug-likeness (QED) is 0.772. The second-order valence-electron chi connectivity index (χ2n) is 7.39. The van der Waals surface area contributed by atoms with Crippen LogP contribution in [0.25, 0.3) is 16.6 Å². The molecule has 0 spiro atoms. The molecule has 6 nitrogen and oxygen atoms in total. The third kappa shape index (κ3) is 3.41. The number of halogens is 1. The van der Waals surface area contributed by atoms with E-state index in [9.17, 15) is 9.18 Å². The summed E-state index contributed by atoms with van der Waals surface area (Å²) < 4.78 is 15.7. The zero-order chi connectivity index (χ0) is 19.0. The standard InChI is InChI=1S/C20H24FN5O/c1-14(2)13-22-20(27)25-10-8-24(9-11-25)19-18-4-3-7-26(18)17-6-5-15(21)12-16(17)23-19/h3-7,12,14H,8-11,13H2,1-2H3,(H,22,27). The van der Waals surface area contributed by atoms with Crippen LogP contribution in [-0.4, -0.2) is 53.0 Å². The van der Waals surface area contributed by atoms with Crippen molar-refractivity contribution in [2.24, 2.45) is 5.92 Å². The Morgan fingerprint density at radius 2 is 1.96 bits per heavy atom. The topological polar surface area (TPSA) is 52.9 Å². The van der Waals surface area contributed by atoms with Gasteiger partial charge in [-0.1, -0.05) is 13.8 Å². The van der Waals surface area contributed by atoms with Crippen molar-refractivity contribution in [3.05, 3.63) is 42.3 Å². The van der Waals surface area contributed by atoms with Crippen molar-refractivity contribution in [3.8, 4) is 0 Å². The number of aromatic nitrogens is 2. The van der Waals surface area contributed by atoms with Crippen molar-refractivity contribution >= 4 is 28.4 Å². The van der Waals surface area contributed by atoms with E-state index >= 15 is 0 Å². The Bertz CT molecular complexity index is 975. The molecule has 27 heavy (non-hydrogen) atoms. The smallest absolute Gasteiger partial charge is 0.317 e. The minimum atomic E-state index is -0.293. The van der Waals surface area contributed by atoms with E-state index in [0.29, 0.717) is 44.2 Å². The number of urea groups is 1. The monoisotopic (exact) mass is 369 g/mol. The van der Waals surface area contributed by atoms with Gasteiger partial charge in [0, 0.05) is 45.0 Å². The maximum absolute atomic E-state index is 13.7. The Balaban J connectivity index is 1.56. The number of carbonyl (C=O) groups excluding carboxylic acids is 1. The van der Waals surface area contributed by atoms with Crippen LogP contribution in [0.3, 0.4) is 0 Å². The lowest BCUT2D eigenvalue weighted by molar-refractivity contribution is 0.193. The van der Waals surface area contributed by atoms with Crippen LogP contribution in [0.1, 0.15) is 13.8 Å². The van der Waals surface area contributed by atoms with Gasteiger partial charge < -0.3 is 19.5 Å². The van der Waals surface area contributed by atoms with E-state index in [-0.39, 0.29) is 11.8 Å². The largest absolute Gasteiger partial charge is 0.351 e. The predicted octanol–water partition coefficient (Wildman–Crippen LogP) is 3.11. The van der Waals surface area contributed by atoms with Crippen LogP contribution in [0.4, 0.5) is 15.0 Å². The van der Waals surface area contributed by atoms with E-state index in [1.54, 1.807) is 6.07 Å². The van der Waals surface area contributed by atoms with Crippen molar-refractivity contribution < 1.29 is 9.18 Å². The highest BCUT2D eigenvalue weighted by atomic mass is 19.1. The number of benzene rings is 1. The summed E-state index contributed by atoms with van der Waals surface area (Å²) in [6.07, 6.45) is 1.97. The second-order valence-corrected chi connectivity index (χ2v) is 7.39. The van der Waals surface area contributed by atoms with Gasteiger partial charge in [0.15, 0.2) is 5.82 Å². The normalized spacial score (nSPS) is 15.1. The first-order chi connectivity index (χ1) is 13.0. The minimum Gasteiger partial charge on any atom is -0.351 e. The molecule has 3 heterocycles. The SMILES string of the molecule is CC(C)CNC(=O)N1CCN(c2nc3cc(F)ccc3n3cccc23)CC1. The fourth-order valence-corrected chi connectivity index (χ4v) is 3.49. The molecule has 1 aliphatic heterocycles. The fraction of sp³-hybridized carbons (Fsp3) is 0.400. The molecule has 1 N–H and O–H groups in total. The lowest BCUT2D eigenvalue weighted by Gasteiger charge is -2.35. The van der Waals surface area contributed by atoms with Crippen LogP contribution < -0.4 is 10.2 Å². The Morgan fingerprint density at radius 1 is 1.19 bits per heavy atom. The molecule has 0 bridgehead atoms. The van der Waals surface area contributed by atoms with Gasteiger partial charge in [-0.3, -0.25) is 0 Å². The van der Waals surface area contributed by atoms with Gasteiger partial charge in [0.05, 0.1) is 16.6 Å². The van der Waals surface area contributed by atoms with Crippen LogP contribution >= 0.6 is 0 Å². The molecule has 1 fully saturated rings. The van der Waals surface area contributed by atoms with Gasteiger partial charge in [-0.05, 0) is 30.2 Å². The number of hydrogen-bond acceptors (Lipinski definition) is 3. The fourth-order valence-electron chi connectivity index (χ4n) is 3.49. The first-order valence-electron chi connectivity index (χ1n) is 9.37. The van der Waals surface area contributed by atoms with Crippen molar-refractivity contribution in [2.45, 2.75) is 13.8 Å². The molecule has 2 aromatic heterocycles. The first kappa shape index (κ1) is 17.6. The summed E-state index contributed by atoms with van der Waals surface area (Å²) in [4.78, 5) is 21.0. The van der Waals surface area contributed by atoms with Crippen LogP contribution in [0, 0.1) is 11.7 Å². The van der Waals surface area contributed by atoms with Gasteiger partial charge in [-0.25, -0.2) is 14.2 Å². The van der Waals surface area contributed by atoms with Crippen molar-refractivity contribution in [3.63, 3.8) is 0 Å². The molecule has 0 atom stereocenters. The molecule has 142 valence electrons. The summed E-state index contributed by atoms with van der Waals surface area (Å²) in [5, 5.41) is 2.97. The van der Waals surface area contributed by atoms with E-state index in [0.717, 1.165) is 16.9 Å². The molecular weight excluding hydrogens is 345 g/mol. The number of nitrogens with one attached hydrogen (secondary N) is 1. The van der Waals surface area contributed by atoms with E-state index in [4.69, 9.17) is 4.98 Å². The predicted molar refractivity (Wildman–Crippen MR) is 105 cm³/mol. The molecule has 1 aliphatic rings. The molecule has 0 unspecified atom stereocenters. The van der Waals surface area contributed by atoms with Gasteiger partial charge >= 0.3 is 6.03 Å². The Hall–Kier alpha value is -2.83. The number of amides is 2. The molecule has 0 aliphatic carbocycles. The lowest BCUT2D eigenvalue weighted by atomic mass is 10.2. The average Bonchev–Trinajstić information content (AvgIpc) is 3.15. The van der Waals surface area contributed by atoms with E-state index in [1.807, 2.05) is 27.6 Å². The molecule has 0 radical (unpaired) electrons. The van der Waals surface area contributed by atoms with Gasteiger partial charge in [0.1, 0.15) is 5.82 Å². The summed E-state index contributed by atoms with van der Waals surface area (Å²) in [5.41, 5.74) is 2.50. The molecule has 1 aromatic carbocycles. The highest BCUT2D eigenvalue weighted by Crippen LogP contribution is 2.26. The van der Waals surface area contributed by atoms with Gasteiger partial charge in [0.2, 0.25) is 0 Å². The van der Waals surface area contributed by atoms with Crippen molar-refractivity contribution in [1.29, 1.82) is 0 Å². The summed E-state index contributed by atoms with van der Waals surface area (Å²) in [6, 6.07) is 8.66. The Morgan fingerprint density at radius 3 is 2.70 bits per heavy atom.